The van der Waals surface area contributed by atoms with E-state index in [9.17, 15) is 0 Å². The molecule has 1 aliphatic rings. The van der Waals surface area contributed by atoms with E-state index in [1.165, 1.54) is 0 Å². The molecule has 0 unspecified atom stereocenters. The van der Waals surface area contributed by atoms with E-state index in [-0.39, 0.29) is 0 Å². The van der Waals surface area contributed by atoms with Crippen LogP contribution in [0, 0.1) is 11.5 Å². The van der Waals surface area contributed by atoms with Gasteiger partial charge in [-0.1, -0.05) is 11.6 Å². The molecule has 1 aromatic rings. The molecule has 17 heavy (non-hydrogen) atoms. The van der Waals surface area contributed by atoms with Crippen LogP contribution in [0.15, 0.2) is 23.2 Å². The number of hydrogen-bond acceptors (Lipinski definition) is 4. The maximum Gasteiger partial charge on any atom is 0.207 e. The highest BCUT2D eigenvalue weighted by Crippen LogP contribution is 2.28. The molecule has 0 aromatic heterocycles. The quantitative estimate of drug-likeness (QED) is 0.607. The molecule has 1 heterocycles. The Morgan fingerprint density at radius 1 is 1.53 bits per heavy atom. The number of rotatable bonds is 1. The minimum atomic E-state index is 0.314. The fourth-order valence-corrected chi connectivity index (χ4v) is 1.97. The van der Waals surface area contributed by atoms with E-state index in [1.807, 2.05) is 11.0 Å². The van der Waals surface area contributed by atoms with Crippen LogP contribution in [0.3, 0.4) is 0 Å². The van der Waals surface area contributed by atoms with Gasteiger partial charge in [-0.3, -0.25) is 0 Å². The van der Waals surface area contributed by atoms with Gasteiger partial charge in [-0.15, -0.1) is 0 Å². The first-order chi connectivity index (χ1) is 8.22. The third-order valence-electron chi connectivity index (χ3n) is 2.44. The van der Waals surface area contributed by atoms with E-state index in [2.05, 4.69) is 4.99 Å². The fourth-order valence-electron chi connectivity index (χ4n) is 1.68. The van der Waals surface area contributed by atoms with Crippen molar-refractivity contribution in [2.24, 2.45) is 4.99 Å². The molecule has 0 bridgehead atoms. The van der Waals surface area contributed by atoms with E-state index in [1.54, 1.807) is 18.3 Å². The summed E-state index contributed by atoms with van der Waals surface area (Å²) in [4.78, 5) is 5.61. The lowest BCUT2D eigenvalue weighted by Gasteiger charge is -2.30. The number of halogens is 1. The van der Waals surface area contributed by atoms with E-state index in [0.29, 0.717) is 36.3 Å². The Kier molecular flexibility index (Phi) is 3.47. The van der Waals surface area contributed by atoms with Gasteiger partial charge < -0.3 is 15.4 Å². The molecular weight excluding hydrogens is 240 g/mol. The van der Waals surface area contributed by atoms with E-state index >= 15 is 0 Å². The standard InChI is InChI=1S/C11H11ClN4O/c12-9-5-8(14)1-2-10(9)16-3-4-17-6-11(16)15-7-13/h1-2,5H,3-4,6,14H2. The van der Waals surface area contributed by atoms with Gasteiger partial charge in [0.25, 0.3) is 0 Å². The first-order valence-corrected chi connectivity index (χ1v) is 5.46. The van der Waals surface area contributed by atoms with Crippen LogP contribution in [0.2, 0.25) is 5.02 Å². The molecular formula is C11H11ClN4O. The minimum absolute atomic E-state index is 0.314. The maximum absolute atomic E-state index is 8.62. The molecule has 5 nitrogen and oxygen atoms in total. The molecule has 1 aliphatic heterocycles. The summed E-state index contributed by atoms with van der Waals surface area (Å²) in [7, 11) is 0. The Hall–Kier alpha value is -1.77. The van der Waals surface area contributed by atoms with E-state index in [0.717, 1.165) is 5.69 Å². The second-order valence-electron chi connectivity index (χ2n) is 3.54. The normalized spacial score (nSPS) is 18.1. The molecule has 1 saturated heterocycles. The first kappa shape index (κ1) is 11.7. The summed E-state index contributed by atoms with van der Waals surface area (Å²) in [5, 5.41) is 9.16. The number of morpholine rings is 1. The van der Waals surface area contributed by atoms with Gasteiger partial charge >= 0.3 is 0 Å². The Morgan fingerprint density at radius 3 is 3.06 bits per heavy atom. The lowest BCUT2D eigenvalue weighted by atomic mass is 10.2. The monoisotopic (exact) mass is 250 g/mol. The number of ether oxygens (including phenoxy) is 1. The predicted octanol–water partition coefficient (Wildman–Crippen LogP) is 1.64. The zero-order valence-corrected chi connectivity index (χ0v) is 9.81. The van der Waals surface area contributed by atoms with Crippen LogP contribution in [-0.2, 0) is 4.74 Å². The summed E-state index contributed by atoms with van der Waals surface area (Å²) >= 11 is 6.13. The van der Waals surface area contributed by atoms with Crippen molar-refractivity contribution in [3.05, 3.63) is 23.2 Å². The van der Waals surface area contributed by atoms with E-state index < -0.39 is 0 Å². The Bertz CT molecular complexity index is 495. The van der Waals surface area contributed by atoms with Crippen molar-refractivity contribution in [2.45, 2.75) is 0 Å². The van der Waals surface area contributed by atoms with E-state index in [4.69, 9.17) is 27.3 Å². The smallest absolute Gasteiger partial charge is 0.207 e. The van der Waals surface area contributed by atoms with Gasteiger partial charge in [0.1, 0.15) is 12.4 Å². The van der Waals surface area contributed by atoms with Crippen LogP contribution < -0.4 is 10.6 Å². The molecule has 0 spiro atoms. The Balaban J connectivity index is 2.37. The molecule has 0 amide bonds. The number of benzene rings is 1. The molecule has 2 rings (SSSR count). The Labute approximate surface area is 104 Å². The summed E-state index contributed by atoms with van der Waals surface area (Å²) in [5.41, 5.74) is 7.03. The van der Waals surface area contributed by atoms with Crippen LogP contribution >= 0.6 is 11.6 Å². The number of hydrogen-bond donors (Lipinski definition) is 1. The SMILES string of the molecule is N#CN=C1COCCN1c1ccc(N)cc1Cl. The van der Waals surface area contributed by atoms with Gasteiger partial charge in [0.15, 0.2) is 0 Å². The molecule has 1 aromatic carbocycles. The van der Waals surface area contributed by atoms with Crippen molar-refractivity contribution in [2.75, 3.05) is 30.4 Å². The van der Waals surface area contributed by atoms with Gasteiger partial charge in [-0.25, -0.2) is 0 Å². The lowest BCUT2D eigenvalue weighted by Crippen LogP contribution is -2.42. The number of nitrogens with zero attached hydrogens (tertiary/aromatic N) is 3. The molecule has 0 radical (unpaired) electrons. The van der Waals surface area contributed by atoms with Gasteiger partial charge in [0.05, 0.1) is 17.3 Å². The third kappa shape index (κ3) is 2.49. The number of anilines is 2. The lowest BCUT2D eigenvalue weighted by molar-refractivity contribution is 0.166. The highest BCUT2D eigenvalue weighted by Gasteiger charge is 2.20. The third-order valence-corrected chi connectivity index (χ3v) is 2.75. The van der Waals surface area contributed by atoms with Crippen molar-refractivity contribution in [3.8, 4) is 6.19 Å². The maximum atomic E-state index is 8.62. The number of nitriles is 1. The molecule has 0 saturated carbocycles. The zero-order chi connectivity index (χ0) is 12.3. The summed E-state index contributed by atoms with van der Waals surface area (Å²) in [6.07, 6.45) is 1.77. The van der Waals surface area contributed by atoms with Crippen LogP contribution in [0.4, 0.5) is 11.4 Å². The van der Waals surface area contributed by atoms with Crippen molar-refractivity contribution in [1.82, 2.24) is 0 Å². The van der Waals surface area contributed by atoms with Crippen molar-refractivity contribution < 1.29 is 4.74 Å². The van der Waals surface area contributed by atoms with Crippen molar-refractivity contribution in [1.29, 1.82) is 5.26 Å². The average molecular weight is 251 g/mol. The van der Waals surface area contributed by atoms with Crippen LogP contribution in [0.5, 0.6) is 0 Å². The van der Waals surface area contributed by atoms with Gasteiger partial charge in [-0.2, -0.15) is 10.3 Å². The van der Waals surface area contributed by atoms with Crippen LogP contribution in [0.1, 0.15) is 0 Å². The molecule has 1 fully saturated rings. The molecule has 0 atom stereocenters. The molecule has 0 aliphatic carbocycles. The highest BCUT2D eigenvalue weighted by molar-refractivity contribution is 6.34. The van der Waals surface area contributed by atoms with Gasteiger partial charge in [-0.05, 0) is 18.2 Å². The van der Waals surface area contributed by atoms with Crippen LogP contribution in [0.25, 0.3) is 0 Å². The fraction of sp³-hybridized carbons (Fsp3) is 0.273. The number of nitrogen functional groups attached to an aromatic ring is 1. The largest absolute Gasteiger partial charge is 0.399 e. The second kappa shape index (κ2) is 5.04. The Morgan fingerprint density at radius 2 is 2.35 bits per heavy atom. The molecule has 6 heteroatoms. The average Bonchev–Trinajstić information content (AvgIpc) is 2.31. The minimum Gasteiger partial charge on any atom is -0.399 e. The van der Waals surface area contributed by atoms with Gasteiger partial charge in [0.2, 0.25) is 6.19 Å². The first-order valence-electron chi connectivity index (χ1n) is 5.08. The second-order valence-corrected chi connectivity index (χ2v) is 3.95. The summed E-state index contributed by atoms with van der Waals surface area (Å²) in [5.74, 6) is 0.561. The zero-order valence-electron chi connectivity index (χ0n) is 9.06. The number of aliphatic imine (C=N–C) groups is 1. The molecule has 2 N–H and O–H groups in total. The van der Waals surface area contributed by atoms with Gasteiger partial charge in [0, 0.05) is 12.2 Å². The summed E-state index contributed by atoms with van der Waals surface area (Å²) in [6, 6.07) is 5.26. The summed E-state index contributed by atoms with van der Waals surface area (Å²) < 4.78 is 5.26. The predicted molar refractivity (Wildman–Crippen MR) is 67.1 cm³/mol. The van der Waals surface area contributed by atoms with Crippen molar-refractivity contribution >= 4 is 28.8 Å². The highest BCUT2D eigenvalue weighted by atomic mass is 35.5. The summed E-state index contributed by atoms with van der Waals surface area (Å²) in [6.45, 7) is 1.50. The topological polar surface area (TPSA) is 74.6 Å². The number of nitrogens with two attached hydrogens (primary N) is 1. The molecule has 88 valence electrons. The van der Waals surface area contributed by atoms with Crippen LogP contribution in [-0.4, -0.2) is 25.6 Å². The number of amidine groups is 1. The van der Waals surface area contributed by atoms with Crippen molar-refractivity contribution in [3.63, 3.8) is 0 Å².